The van der Waals surface area contributed by atoms with E-state index in [2.05, 4.69) is 40.0 Å². The highest BCUT2D eigenvalue weighted by atomic mass is 32.1. The van der Waals surface area contributed by atoms with Crippen LogP contribution in [0.4, 0.5) is 5.69 Å². The van der Waals surface area contributed by atoms with Gasteiger partial charge in [0, 0.05) is 29.0 Å². The van der Waals surface area contributed by atoms with E-state index in [1.165, 1.54) is 22.3 Å². The summed E-state index contributed by atoms with van der Waals surface area (Å²) in [7, 11) is 2.02. The largest absolute Gasteiger partial charge is 0.342 e. The molecule has 1 N–H and O–H groups in total. The third-order valence-electron chi connectivity index (χ3n) is 4.67. The summed E-state index contributed by atoms with van der Waals surface area (Å²) < 4.78 is 2.11. The zero-order chi connectivity index (χ0) is 18.3. The Morgan fingerprint density at radius 2 is 1.88 bits per heavy atom. The van der Waals surface area contributed by atoms with Gasteiger partial charge in [0.2, 0.25) is 0 Å². The van der Waals surface area contributed by atoms with Crippen LogP contribution in [-0.2, 0) is 7.05 Å². The van der Waals surface area contributed by atoms with Gasteiger partial charge in [-0.1, -0.05) is 24.3 Å². The second-order valence-electron chi connectivity index (χ2n) is 6.44. The van der Waals surface area contributed by atoms with Crippen molar-refractivity contribution in [2.24, 2.45) is 7.05 Å². The molecule has 0 radical (unpaired) electrons. The van der Waals surface area contributed by atoms with Gasteiger partial charge in [0.15, 0.2) is 0 Å². The predicted molar refractivity (Wildman–Crippen MR) is 108 cm³/mol. The fraction of sp³-hybridized carbons (Fsp3) is 0.143. The molecule has 26 heavy (non-hydrogen) atoms. The van der Waals surface area contributed by atoms with Gasteiger partial charge in [-0.2, -0.15) is 0 Å². The quantitative estimate of drug-likeness (QED) is 0.547. The van der Waals surface area contributed by atoms with Gasteiger partial charge in [0.1, 0.15) is 10.7 Å². The first-order valence-corrected chi connectivity index (χ1v) is 9.30. The van der Waals surface area contributed by atoms with Crippen LogP contribution in [0, 0.1) is 13.8 Å². The first kappa shape index (κ1) is 16.5. The van der Waals surface area contributed by atoms with Gasteiger partial charge in [-0.3, -0.25) is 4.79 Å². The number of amides is 1. The summed E-state index contributed by atoms with van der Waals surface area (Å²) in [5.41, 5.74) is 5.75. The monoisotopic (exact) mass is 361 g/mol. The molecule has 0 saturated heterocycles. The minimum atomic E-state index is -0.186. The molecule has 2 heterocycles. The zero-order valence-corrected chi connectivity index (χ0v) is 15.7. The number of anilines is 1. The number of carbonyl (C=O) groups excluding carboxylic acids is 1. The summed E-state index contributed by atoms with van der Waals surface area (Å²) >= 11 is 1.48. The molecule has 4 rings (SSSR count). The van der Waals surface area contributed by atoms with E-state index in [1.807, 2.05) is 49.7 Å². The van der Waals surface area contributed by atoms with Crippen molar-refractivity contribution in [3.8, 4) is 10.7 Å². The minimum Gasteiger partial charge on any atom is -0.342 e. The summed E-state index contributed by atoms with van der Waals surface area (Å²) in [6.07, 6.45) is 0. The van der Waals surface area contributed by atoms with Crippen molar-refractivity contribution < 1.29 is 4.79 Å². The number of hydrogen-bond acceptors (Lipinski definition) is 3. The second-order valence-corrected chi connectivity index (χ2v) is 7.30. The Labute approximate surface area is 156 Å². The smallest absolute Gasteiger partial charge is 0.275 e. The number of aromatic nitrogens is 2. The molecule has 5 heteroatoms. The maximum atomic E-state index is 12.5. The number of nitrogens with zero attached hydrogens (tertiary/aromatic N) is 2. The van der Waals surface area contributed by atoms with Crippen LogP contribution in [0.3, 0.4) is 0 Å². The summed E-state index contributed by atoms with van der Waals surface area (Å²) in [5, 5.41) is 6.75. The van der Waals surface area contributed by atoms with Gasteiger partial charge in [-0.05, 0) is 49.2 Å². The number of fused-ring (bicyclic) bond motifs is 1. The summed E-state index contributed by atoms with van der Waals surface area (Å²) in [5.74, 6) is -0.186. The van der Waals surface area contributed by atoms with Crippen molar-refractivity contribution in [2.75, 3.05) is 5.32 Å². The van der Waals surface area contributed by atoms with Gasteiger partial charge in [0.25, 0.3) is 5.91 Å². The van der Waals surface area contributed by atoms with Gasteiger partial charge < -0.3 is 9.88 Å². The number of aryl methyl sites for hydroxylation is 3. The number of benzene rings is 2. The van der Waals surface area contributed by atoms with Crippen LogP contribution in [0.5, 0.6) is 0 Å². The van der Waals surface area contributed by atoms with Crippen LogP contribution >= 0.6 is 11.3 Å². The number of para-hydroxylation sites is 1. The molecule has 4 aromatic rings. The second kappa shape index (κ2) is 6.42. The molecule has 2 aromatic carbocycles. The topological polar surface area (TPSA) is 46.9 Å². The van der Waals surface area contributed by atoms with Crippen LogP contribution in [-0.4, -0.2) is 15.5 Å². The molecule has 0 aliphatic heterocycles. The highest BCUT2D eigenvalue weighted by Gasteiger charge is 2.15. The zero-order valence-electron chi connectivity index (χ0n) is 14.9. The Kier molecular flexibility index (Phi) is 4.09. The van der Waals surface area contributed by atoms with Crippen molar-refractivity contribution in [1.82, 2.24) is 9.55 Å². The van der Waals surface area contributed by atoms with E-state index in [1.54, 1.807) is 0 Å². The molecule has 0 saturated carbocycles. The molecule has 4 nitrogen and oxygen atoms in total. The lowest BCUT2D eigenvalue weighted by molar-refractivity contribution is 0.102. The molecule has 0 aliphatic carbocycles. The van der Waals surface area contributed by atoms with Crippen LogP contribution in [0.2, 0.25) is 0 Å². The van der Waals surface area contributed by atoms with E-state index in [9.17, 15) is 4.79 Å². The fourth-order valence-corrected chi connectivity index (χ4v) is 3.85. The normalized spacial score (nSPS) is 11.0. The van der Waals surface area contributed by atoms with Gasteiger partial charge in [-0.15, -0.1) is 11.3 Å². The highest BCUT2D eigenvalue weighted by Crippen LogP contribution is 2.29. The number of thiazole rings is 1. The summed E-state index contributed by atoms with van der Waals surface area (Å²) in [6, 6.07) is 16.2. The molecule has 2 aromatic heterocycles. The third kappa shape index (κ3) is 2.91. The molecule has 130 valence electrons. The molecular formula is C21H19N3OS. The molecular weight excluding hydrogens is 342 g/mol. The van der Waals surface area contributed by atoms with Crippen LogP contribution in [0.15, 0.2) is 53.9 Å². The average molecular weight is 361 g/mol. The SMILES string of the molecule is Cc1ccc(NC(=O)c2csc(-c3cc4ccccc4n3C)n2)cc1C. The number of carbonyl (C=O) groups is 1. The molecule has 0 unspecified atom stereocenters. The van der Waals surface area contributed by atoms with Gasteiger partial charge in [-0.25, -0.2) is 4.98 Å². The lowest BCUT2D eigenvalue weighted by atomic mass is 10.1. The van der Waals surface area contributed by atoms with E-state index in [0.717, 1.165) is 27.5 Å². The van der Waals surface area contributed by atoms with E-state index < -0.39 is 0 Å². The van der Waals surface area contributed by atoms with Crippen LogP contribution in [0.1, 0.15) is 21.6 Å². The third-order valence-corrected chi connectivity index (χ3v) is 5.54. The highest BCUT2D eigenvalue weighted by molar-refractivity contribution is 7.13. The fourth-order valence-electron chi connectivity index (χ4n) is 3.00. The van der Waals surface area contributed by atoms with Gasteiger partial charge in [0.05, 0.1) is 5.69 Å². The minimum absolute atomic E-state index is 0.186. The van der Waals surface area contributed by atoms with E-state index in [-0.39, 0.29) is 5.91 Å². The Balaban J connectivity index is 1.61. The number of hydrogen-bond donors (Lipinski definition) is 1. The van der Waals surface area contributed by atoms with E-state index >= 15 is 0 Å². The Morgan fingerprint density at radius 3 is 2.65 bits per heavy atom. The predicted octanol–water partition coefficient (Wildman–Crippen LogP) is 5.17. The lowest BCUT2D eigenvalue weighted by Crippen LogP contribution is -2.12. The summed E-state index contributed by atoms with van der Waals surface area (Å²) in [4.78, 5) is 17.1. The molecule has 0 aliphatic rings. The van der Waals surface area contributed by atoms with Crippen molar-refractivity contribution >= 4 is 33.8 Å². The van der Waals surface area contributed by atoms with Crippen molar-refractivity contribution in [3.63, 3.8) is 0 Å². The molecule has 0 fully saturated rings. The lowest BCUT2D eigenvalue weighted by Gasteiger charge is -2.06. The Hall–Kier alpha value is -2.92. The average Bonchev–Trinajstić information content (AvgIpc) is 3.24. The number of rotatable bonds is 3. The first-order valence-electron chi connectivity index (χ1n) is 8.42. The van der Waals surface area contributed by atoms with E-state index in [4.69, 9.17) is 0 Å². The first-order chi connectivity index (χ1) is 12.5. The maximum absolute atomic E-state index is 12.5. The van der Waals surface area contributed by atoms with Crippen molar-refractivity contribution in [2.45, 2.75) is 13.8 Å². The Morgan fingerprint density at radius 1 is 1.08 bits per heavy atom. The van der Waals surface area contributed by atoms with Crippen LogP contribution < -0.4 is 5.32 Å². The van der Waals surface area contributed by atoms with Gasteiger partial charge >= 0.3 is 0 Å². The molecule has 0 atom stereocenters. The standard InChI is InChI=1S/C21H19N3OS/c1-13-8-9-16(10-14(13)2)22-20(25)17-12-26-21(23-17)19-11-15-6-4-5-7-18(15)24(19)3/h4-12H,1-3H3,(H,22,25). The van der Waals surface area contributed by atoms with Crippen molar-refractivity contribution in [3.05, 3.63) is 70.7 Å². The Bertz CT molecular complexity index is 1120. The number of nitrogens with one attached hydrogen (secondary N) is 1. The summed E-state index contributed by atoms with van der Waals surface area (Å²) in [6.45, 7) is 4.09. The maximum Gasteiger partial charge on any atom is 0.275 e. The molecule has 0 bridgehead atoms. The van der Waals surface area contributed by atoms with E-state index in [0.29, 0.717) is 5.69 Å². The van der Waals surface area contributed by atoms with Crippen molar-refractivity contribution in [1.29, 1.82) is 0 Å². The van der Waals surface area contributed by atoms with Crippen LogP contribution in [0.25, 0.3) is 21.6 Å². The molecule has 0 spiro atoms. The molecule has 1 amide bonds.